The largest absolute Gasteiger partial charge is 0.292 e. The minimum absolute atomic E-state index is 0.0577. The first-order valence-corrected chi connectivity index (χ1v) is 6.57. The zero-order valence-electron chi connectivity index (χ0n) is 6.37. The predicted octanol–water partition coefficient (Wildman–Crippen LogP) is 2.07. The van der Waals surface area contributed by atoms with E-state index >= 15 is 0 Å². The predicted molar refractivity (Wildman–Crippen MR) is 55.3 cm³/mol. The molecule has 0 aliphatic heterocycles. The van der Waals surface area contributed by atoms with Crippen molar-refractivity contribution in [1.82, 2.24) is 0 Å². The molecule has 0 bridgehead atoms. The number of hydrogen-bond acceptors (Lipinski definition) is 3. The van der Waals surface area contributed by atoms with Crippen LogP contribution in [0.15, 0.2) is 15.9 Å². The minimum atomic E-state index is -1.05. The number of carbonyl (C=O) groups is 1. The third-order valence-electron chi connectivity index (χ3n) is 1.20. The minimum Gasteiger partial charge on any atom is -0.292 e. The van der Waals surface area contributed by atoms with Crippen molar-refractivity contribution >= 4 is 43.8 Å². The molecule has 1 atom stereocenters. The Bertz CT molecular complexity index is 319. The van der Waals surface area contributed by atoms with Crippen LogP contribution in [0.4, 0.5) is 0 Å². The standard InChI is InChI=1S/C7H7BrO2S2/c1-12(10)4-6(9)7-5(8)2-3-11-7/h2-3H,4H2,1H3. The molecule has 0 N–H and O–H groups in total. The maximum absolute atomic E-state index is 11.3. The number of rotatable bonds is 3. The van der Waals surface area contributed by atoms with Crippen LogP contribution in [0, 0.1) is 0 Å². The number of carbonyl (C=O) groups excluding carboxylic acids is 1. The summed E-state index contributed by atoms with van der Waals surface area (Å²) in [5.41, 5.74) is 0. The van der Waals surface area contributed by atoms with Crippen LogP contribution >= 0.6 is 27.3 Å². The molecule has 0 spiro atoms. The van der Waals surface area contributed by atoms with Crippen LogP contribution in [-0.2, 0) is 10.8 Å². The highest BCUT2D eigenvalue weighted by Gasteiger charge is 2.12. The molecule has 2 nitrogen and oxygen atoms in total. The Morgan fingerprint density at radius 3 is 2.83 bits per heavy atom. The van der Waals surface area contributed by atoms with E-state index in [2.05, 4.69) is 15.9 Å². The van der Waals surface area contributed by atoms with E-state index in [0.29, 0.717) is 4.88 Å². The Balaban J connectivity index is 2.78. The Morgan fingerprint density at radius 1 is 1.75 bits per heavy atom. The summed E-state index contributed by atoms with van der Waals surface area (Å²) in [7, 11) is -1.05. The molecule has 0 fully saturated rings. The van der Waals surface area contributed by atoms with E-state index in [-0.39, 0.29) is 11.5 Å². The molecular weight excluding hydrogens is 260 g/mol. The van der Waals surface area contributed by atoms with Crippen LogP contribution in [0.5, 0.6) is 0 Å². The van der Waals surface area contributed by atoms with Gasteiger partial charge >= 0.3 is 0 Å². The smallest absolute Gasteiger partial charge is 0.186 e. The van der Waals surface area contributed by atoms with E-state index in [0.717, 1.165) is 4.47 Å². The summed E-state index contributed by atoms with van der Waals surface area (Å²) in [5.74, 6) is 0.0526. The average Bonchev–Trinajstić information content (AvgIpc) is 2.33. The number of hydrogen-bond donors (Lipinski definition) is 0. The summed E-state index contributed by atoms with van der Waals surface area (Å²) < 4.78 is 11.5. The van der Waals surface area contributed by atoms with Gasteiger partial charge in [0.15, 0.2) is 5.78 Å². The summed E-state index contributed by atoms with van der Waals surface area (Å²) in [5, 5.41) is 1.83. The molecule has 0 aliphatic carbocycles. The number of ketones is 1. The summed E-state index contributed by atoms with van der Waals surface area (Å²) in [6.45, 7) is 0. The van der Waals surface area contributed by atoms with Crippen LogP contribution in [-0.4, -0.2) is 22.0 Å². The maximum atomic E-state index is 11.3. The van der Waals surface area contributed by atoms with Crippen molar-refractivity contribution in [2.24, 2.45) is 0 Å². The molecule has 1 unspecified atom stereocenters. The molecule has 0 aliphatic rings. The first kappa shape index (κ1) is 10.1. The molecule has 0 saturated heterocycles. The lowest BCUT2D eigenvalue weighted by Gasteiger charge is -1.94. The molecule has 12 heavy (non-hydrogen) atoms. The summed E-state index contributed by atoms with van der Waals surface area (Å²) >= 11 is 4.62. The lowest BCUT2D eigenvalue weighted by Crippen LogP contribution is -2.08. The Hall–Kier alpha value is -0.000000000000000111. The number of Topliss-reactive ketones (excluding diaryl/α,β-unsaturated/α-hetero) is 1. The van der Waals surface area contributed by atoms with Gasteiger partial charge in [-0.3, -0.25) is 9.00 Å². The first-order valence-electron chi connectivity index (χ1n) is 3.17. The molecule has 5 heteroatoms. The molecule has 1 aromatic heterocycles. The number of thiophene rings is 1. The SMILES string of the molecule is CS(=O)CC(=O)c1sccc1Br. The van der Waals surface area contributed by atoms with Gasteiger partial charge in [0.25, 0.3) is 0 Å². The highest BCUT2D eigenvalue weighted by atomic mass is 79.9. The fraction of sp³-hybridized carbons (Fsp3) is 0.286. The van der Waals surface area contributed by atoms with Crippen molar-refractivity contribution in [3.05, 3.63) is 20.8 Å². The normalized spacial score (nSPS) is 12.8. The quantitative estimate of drug-likeness (QED) is 0.786. The van der Waals surface area contributed by atoms with Crippen molar-refractivity contribution in [2.45, 2.75) is 0 Å². The van der Waals surface area contributed by atoms with Gasteiger partial charge in [-0.2, -0.15) is 0 Å². The van der Waals surface area contributed by atoms with Crippen molar-refractivity contribution in [3.8, 4) is 0 Å². The Labute approximate surface area is 85.6 Å². The van der Waals surface area contributed by atoms with Gasteiger partial charge < -0.3 is 0 Å². The molecule has 1 rings (SSSR count). The monoisotopic (exact) mass is 266 g/mol. The van der Waals surface area contributed by atoms with Gasteiger partial charge in [0.05, 0.1) is 10.6 Å². The van der Waals surface area contributed by atoms with Crippen LogP contribution in [0.1, 0.15) is 9.67 Å². The fourth-order valence-electron chi connectivity index (χ4n) is 0.743. The van der Waals surface area contributed by atoms with Crippen molar-refractivity contribution in [3.63, 3.8) is 0 Å². The van der Waals surface area contributed by atoms with Gasteiger partial charge in [-0.1, -0.05) is 0 Å². The van der Waals surface area contributed by atoms with Crippen LogP contribution in [0.25, 0.3) is 0 Å². The van der Waals surface area contributed by atoms with E-state index in [1.165, 1.54) is 17.6 Å². The lowest BCUT2D eigenvalue weighted by molar-refractivity contribution is 0.102. The van der Waals surface area contributed by atoms with Gasteiger partial charge in [0.1, 0.15) is 0 Å². The molecule has 1 heterocycles. The van der Waals surface area contributed by atoms with Gasteiger partial charge in [-0.05, 0) is 27.4 Å². The van der Waals surface area contributed by atoms with E-state index in [9.17, 15) is 9.00 Å². The van der Waals surface area contributed by atoms with Gasteiger partial charge in [-0.15, -0.1) is 11.3 Å². The van der Waals surface area contributed by atoms with Crippen molar-refractivity contribution in [1.29, 1.82) is 0 Å². The molecule has 0 radical (unpaired) electrons. The van der Waals surface area contributed by atoms with E-state index in [1.807, 2.05) is 11.4 Å². The Kier molecular flexibility index (Phi) is 3.61. The molecular formula is C7H7BrO2S2. The molecule has 0 saturated carbocycles. The molecule has 0 amide bonds. The van der Waals surface area contributed by atoms with E-state index in [1.54, 1.807) is 0 Å². The van der Waals surface area contributed by atoms with Crippen molar-refractivity contribution < 1.29 is 9.00 Å². The van der Waals surface area contributed by atoms with E-state index in [4.69, 9.17) is 0 Å². The van der Waals surface area contributed by atoms with Gasteiger partial charge in [0.2, 0.25) is 0 Å². The topological polar surface area (TPSA) is 34.1 Å². The highest BCUT2D eigenvalue weighted by Crippen LogP contribution is 2.22. The number of halogens is 1. The van der Waals surface area contributed by atoms with Crippen molar-refractivity contribution in [2.75, 3.05) is 12.0 Å². The van der Waals surface area contributed by atoms with Gasteiger partial charge in [0, 0.05) is 21.5 Å². The zero-order valence-corrected chi connectivity index (χ0v) is 9.59. The molecule has 1 aromatic rings. The highest BCUT2D eigenvalue weighted by molar-refractivity contribution is 9.10. The van der Waals surface area contributed by atoms with Crippen LogP contribution in [0.2, 0.25) is 0 Å². The first-order chi connectivity index (χ1) is 5.61. The Morgan fingerprint density at radius 2 is 2.42 bits per heavy atom. The second-order valence-electron chi connectivity index (χ2n) is 2.24. The average molecular weight is 267 g/mol. The zero-order chi connectivity index (χ0) is 9.14. The summed E-state index contributed by atoms with van der Waals surface area (Å²) in [6, 6.07) is 1.82. The van der Waals surface area contributed by atoms with Crippen LogP contribution in [0.3, 0.4) is 0 Å². The summed E-state index contributed by atoms with van der Waals surface area (Å²) in [6.07, 6.45) is 1.53. The third kappa shape index (κ3) is 2.50. The second-order valence-corrected chi connectivity index (χ2v) is 5.44. The second kappa shape index (κ2) is 4.30. The third-order valence-corrected chi connectivity index (χ3v) is 3.75. The molecule has 0 aromatic carbocycles. The maximum Gasteiger partial charge on any atom is 0.186 e. The molecule has 66 valence electrons. The fourth-order valence-corrected chi connectivity index (χ4v) is 2.88. The summed E-state index contributed by atoms with van der Waals surface area (Å²) in [4.78, 5) is 12.0. The van der Waals surface area contributed by atoms with Crippen LogP contribution < -0.4 is 0 Å². The lowest BCUT2D eigenvalue weighted by atomic mass is 10.3. The van der Waals surface area contributed by atoms with Gasteiger partial charge in [-0.25, -0.2) is 0 Å². The van der Waals surface area contributed by atoms with E-state index < -0.39 is 10.8 Å².